The standard InChI is InChI=1S/C11H13N3S2/c1-8-2-3-9(15-8)10(6-12)16-11-7-13-4-5-14-11/h2-5,7,10H,6,12H2,1H3. The van der Waals surface area contributed by atoms with Crippen LogP contribution in [0.25, 0.3) is 0 Å². The first-order valence-electron chi connectivity index (χ1n) is 4.98. The van der Waals surface area contributed by atoms with Crippen LogP contribution in [0, 0.1) is 6.92 Å². The number of aryl methyl sites for hydroxylation is 1. The zero-order valence-electron chi connectivity index (χ0n) is 8.96. The molecule has 0 radical (unpaired) electrons. The Hall–Kier alpha value is -0.910. The lowest BCUT2D eigenvalue weighted by Crippen LogP contribution is -2.08. The maximum Gasteiger partial charge on any atom is 0.115 e. The van der Waals surface area contributed by atoms with Crippen LogP contribution in [0.3, 0.4) is 0 Å². The molecule has 0 aliphatic rings. The van der Waals surface area contributed by atoms with Gasteiger partial charge in [-0.05, 0) is 19.1 Å². The van der Waals surface area contributed by atoms with Gasteiger partial charge in [-0.2, -0.15) is 0 Å². The molecule has 1 unspecified atom stereocenters. The fourth-order valence-corrected chi connectivity index (χ4v) is 3.33. The van der Waals surface area contributed by atoms with E-state index in [1.54, 1.807) is 41.7 Å². The van der Waals surface area contributed by atoms with E-state index in [1.807, 2.05) is 0 Å². The molecule has 0 bridgehead atoms. The van der Waals surface area contributed by atoms with E-state index in [9.17, 15) is 0 Å². The first-order chi connectivity index (χ1) is 7.79. The molecular formula is C11H13N3S2. The quantitative estimate of drug-likeness (QED) is 0.849. The second-order valence-electron chi connectivity index (χ2n) is 3.33. The van der Waals surface area contributed by atoms with Crippen LogP contribution in [-0.4, -0.2) is 16.5 Å². The normalized spacial score (nSPS) is 12.6. The molecule has 2 heterocycles. The van der Waals surface area contributed by atoms with Crippen LogP contribution in [0.1, 0.15) is 15.0 Å². The Morgan fingerprint density at radius 2 is 2.31 bits per heavy atom. The van der Waals surface area contributed by atoms with Crippen molar-refractivity contribution in [2.45, 2.75) is 17.2 Å². The third-order valence-electron chi connectivity index (χ3n) is 2.10. The predicted molar refractivity (Wildman–Crippen MR) is 68.7 cm³/mol. The highest BCUT2D eigenvalue weighted by atomic mass is 32.2. The van der Waals surface area contributed by atoms with E-state index >= 15 is 0 Å². The fraction of sp³-hybridized carbons (Fsp3) is 0.273. The molecule has 1 atom stereocenters. The van der Waals surface area contributed by atoms with Crippen molar-refractivity contribution in [3.63, 3.8) is 0 Å². The highest BCUT2D eigenvalue weighted by Gasteiger charge is 2.13. The van der Waals surface area contributed by atoms with E-state index in [0.717, 1.165) is 5.03 Å². The largest absolute Gasteiger partial charge is 0.329 e. The first-order valence-corrected chi connectivity index (χ1v) is 6.68. The van der Waals surface area contributed by atoms with Crippen LogP contribution >= 0.6 is 23.1 Å². The number of hydrogen-bond acceptors (Lipinski definition) is 5. The Balaban J connectivity index is 2.12. The van der Waals surface area contributed by atoms with Gasteiger partial charge < -0.3 is 5.73 Å². The maximum absolute atomic E-state index is 5.80. The second-order valence-corrected chi connectivity index (χ2v) is 5.88. The summed E-state index contributed by atoms with van der Waals surface area (Å²) in [5.74, 6) is 0. The lowest BCUT2D eigenvalue weighted by Gasteiger charge is -2.11. The number of rotatable bonds is 4. The molecule has 2 rings (SSSR count). The lowest BCUT2D eigenvalue weighted by molar-refractivity contribution is 0.948. The minimum absolute atomic E-state index is 0.274. The van der Waals surface area contributed by atoms with Gasteiger partial charge in [0.2, 0.25) is 0 Å². The topological polar surface area (TPSA) is 51.8 Å². The number of nitrogens with two attached hydrogens (primary N) is 1. The summed E-state index contributed by atoms with van der Waals surface area (Å²) >= 11 is 3.46. The number of thiophene rings is 1. The average Bonchev–Trinajstić information content (AvgIpc) is 2.74. The molecule has 0 amide bonds. The van der Waals surface area contributed by atoms with E-state index in [4.69, 9.17) is 5.73 Å². The van der Waals surface area contributed by atoms with Crippen molar-refractivity contribution in [3.8, 4) is 0 Å². The van der Waals surface area contributed by atoms with Gasteiger partial charge in [0.15, 0.2) is 0 Å². The molecule has 16 heavy (non-hydrogen) atoms. The SMILES string of the molecule is Cc1ccc(C(CN)Sc2cnccn2)s1. The highest BCUT2D eigenvalue weighted by Crippen LogP contribution is 2.36. The Morgan fingerprint density at radius 3 is 2.88 bits per heavy atom. The van der Waals surface area contributed by atoms with Gasteiger partial charge in [-0.1, -0.05) is 11.8 Å². The summed E-state index contributed by atoms with van der Waals surface area (Å²) in [5.41, 5.74) is 5.80. The third-order valence-corrected chi connectivity index (χ3v) is 4.54. The molecule has 2 aromatic heterocycles. The Kier molecular flexibility index (Phi) is 3.93. The Bertz CT molecular complexity index is 442. The van der Waals surface area contributed by atoms with Crippen molar-refractivity contribution in [3.05, 3.63) is 40.5 Å². The van der Waals surface area contributed by atoms with E-state index in [1.165, 1.54) is 9.75 Å². The van der Waals surface area contributed by atoms with E-state index < -0.39 is 0 Å². The van der Waals surface area contributed by atoms with Crippen molar-refractivity contribution in [1.82, 2.24) is 9.97 Å². The minimum Gasteiger partial charge on any atom is -0.329 e. The zero-order valence-corrected chi connectivity index (χ0v) is 10.6. The smallest absolute Gasteiger partial charge is 0.115 e. The van der Waals surface area contributed by atoms with Gasteiger partial charge in [0, 0.05) is 28.7 Å². The molecule has 2 N–H and O–H groups in total. The molecule has 5 heteroatoms. The maximum atomic E-state index is 5.80. The minimum atomic E-state index is 0.274. The number of nitrogens with zero attached hydrogens (tertiary/aromatic N) is 2. The summed E-state index contributed by atoms with van der Waals surface area (Å²) < 4.78 is 0. The average molecular weight is 251 g/mol. The summed E-state index contributed by atoms with van der Waals surface area (Å²) in [5, 5.41) is 1.19. The van der Waals surface area contributed by atoms with E-state index in [-0.39, 0.29) is 5.25 Å². The summed E-state index contributed by atoms with van der Waals surface area (Å²) in [6, 6.07) is 4.26. The molecular weight excluding hydrogens is 238 g/mol. The van der Waals surface area contributed by atoms with E-state index in [2.05, 4.69) is 29.0 Å². The summed E-state index contributed by atoms with van der Waals surface area (Å²) in [6.45, 7) is 2.72. The molecule has 0 aromatic carbocycles. The Labute approximate surface area is 103 Å². The van der Waals surface area contributed by atoms with Gasteiger partial charge in [-0.25, -0.2) is 4.98 Å². The number of hydrogen-bond donors (Lipinski definition) is 1. The van der Waals surface area contributed by atoms with E-state index in [0.29, 0.717) is 6.54 Å². The molecule has 0 aliphatic heterocycles. The van der Waals surface area contributed by atoms with Crippen molar-refractivity contribution in [2.75, 3.05) is 6.54 Å². The van der Waals surface area contributed by atoms with Gasteiger partial charge >= 0.3 is 0 Å². The molecule has 0 fully saturated rings. The van der Waals surface area contributed by atoms with Crippen molar-refractivity contribution >= 4 is 23.1 Å². The van der Waals surface area contributed by atoms with Crippen molar-refractivity contribution in [1.29, 1.82) is 0 Å². The van der Waals surface area contributed by atoms with Crippen LogP contribution in [0.2, 0.25) is 0 Å². The van der Waals surface area contributed by atoms with Gasteiger partial charge in [0.25, 0.3) is 0 Å². The van der Waals surface area contributed by atoms with Gasteiger partial charge in [-0.15, -0.1) is 11.3 Å². The molecule has 3 nitrogen and oxygen atoms in total. The van der Waals surface area contributed by atoms with Crippen molar-refractivity contribution in [2.24, 2.45) is 5.73 Å². The second kappa shape index (κ2) is 5.43. The summed E-state index contributed by atoms with van der Waals surface area (Å²) in [4.78, 5) is 10.9. The van der Waals surface area contributed by atoms with Gasteiger partial charge in [0.05, 0.1) is 11.4 Å². The third kappa shape index (κ3) is 2.81. The van der Waals surface area contributed by atoms with Gasteiger partial charge in [0.1, 0.15) is 5.03 Å². The first kappa shape index (κ1) is 11.6. The molecule has 0 saturated heterocycles. The zero-order chi connectivity index (χ0) is 11.4. The molecule has 0 spiro atoms. The van der Waals surface area contributed by atoms with Gasteiger partial charge in [-0.3, -0.25) is 4.98 Å². The van der Waals surface area contributed by atoms with Crippen LogP contribution in [-0.2, 0) is 0 Å². The molecule has 0 saturated carbocycles. The van der Waals surface area contributed by atoms with Crippen molar-refractivity contribution < 1.29 is 0 Å². The number of aromatic nitrogens is 2. The number of thioether (sulfide) groups is 1. The lowest BCUT2D eigenvalue weighted by atomic mass is 10.3. The van der Waals surface area contributed by atoms with Crippen LogP contribution in [0.5, 0.6) is 0 Å². The summed E-state index contributed by atoms with van der Waals surface area (Å²) in [7, 11) is 0. The molecule has 2 aromatic rings. The van der Waals surface area contributed by atoms with Crippen LogP contribution in [0.15, 0.2) is 35.7 Å². The fourth-order valence-electron chi connectivity index (χ4n) is 1.34. The molecule has 0 aliphatic carbocycles. The van der Waals surface area contributed by atoms with Crippen LogP contribution < -0.4 is 5.73 Å². The van der Waals surface area contributed by atoms with Crippen LogP contribution in [0.4, 0.5) is 0 Å². The summed E-state index contributed by atoms with van der Waals surface area (Å²) in [6.07, 6.45) is 5.15. The monoisotopic (exact) mass is 251 g/mol. The highest BCUT2D eigenvalue weighted by molar-refractivity contribution is 7.99. The molecule has 84 valence electrons. The predicted octanol–water partition coefficient (Wildman–Crippen LogP) is 2.64. The Morgan fingerprint density at radius 1 is 1.44 bits per heavy atom.